The molecule has 0 aliphatic carbocycles. The van der Waals surface area contributed by atoms with Gasteiger partial charge in [-0.05, 0) is 18.2 Å². The van der Waals surface area contributed by atoms with Crippen LogP contribution in [0.3, 0.4) is 0 Å². The Kier molecular flexibility index (Phi) is 4.22. The van der Waals surface area contributed by atoms with E-state index in [2.05, 4.69) is 24.8 Å². The molecule has 2 aromatic heterocycles. The number of hydrogen-bond acceptors (Lipinski definition) is 7. The van der Waals surface area contributed by atoms with Crippen LogP contribution in [0.1, 0.15) is 5.56 Å². The fourth-order valence-electron chi connectivity index (χ4n) is 2.75. The van der Waals surface area contributed by atoms with Crippen molar-refractivity contribution in [2.45, 2.75) is 0 Å². The quantitative estimate of drug-likeness (QED) is 0.583. The second-order valence-electron chi connectivity index (χ2n) is 5.70. The molecule has 7 nitrogen and oxygen atoms in total. The molecule has 126 valence electrons. The lowest BCUT2D eigenvalue weighted by Gasteiger charge is -2.28. The number of aromatic nitrogens is 3. The van der Waals surface area contributed by atoms with Gasteiger partial charge in [-0.2, -0.15) is 4.98 Å². The predicted molar refractivity (Wildman–Crippen MR) is 98.5 cm³/mol. The Bertz CT molecular complexity index is 920. The number of fused-ring (bicyclic) bond motifs is 1. The summed E-state index contributed by atoms with van der Waals surface area (Å²) in [6, 6.07) is 11.3. The van der Waals surface area contributed by atoms with Crippen LogP contribution >= 0.6 is 0 Å². The van der Waals surface area contributed by atoms with Gasteiger partial charge in [0.15, 0.2) is 5.82 Å². The number of rotatable bonds is 3. The molecule has 0 radical (unpaired) electrons. The van der Waals surface area contributed by atoms with Crippen LogP contribution < -0.4 is 10.6 Å². The first-order chi connectivity index (χ1) is 12.3. The summed E-state index contributed by atoms with van der Waals surface area (Å²) in [5, 5.41) is 0. The molecule has 0 bridgehead atoms. The predicted octanol–water partition coefficient (Wildman–Crippen LogP) is 2.19. The van der Waals surface area contributed by atoms with Crippen molar-refractivity contribution in [2.24, 2.45) is 4.99 Å². The van der Waals surface area contributed by atoms with Crippen molar-refractivity contribution in [3.05, 3.63) is 48.2 Å². The van der Waals surface area contributed by atoms with Gasteiger partial charge in [-0.1, -0.05) is 18.2 Å². The number of para-hydroxylation sites is 1. The molecule has 2 N–H and O–H groups in total. The number of morpholine rings is 1. The number of anilines is 2. The van der Waals surface area contributed by atoms with E-state index in [1.165, 1.54) is 0 Å². The summed E-state index contributed by atoms with van der Waals surface area (Å²) >= 11 is 0. The summed E-state index contributed by atoms with van der Waals surface area (Å²) in [5.74, 6) is 1.19. The van der Waals surface area contributed by atoms with Crippen molar-refractivity contribution in [3.8, 4) is 0 Å². The second-order valence-corrected chi connectivity index (χ2v) is 5.70. The summed E-state index contributed by atoms with van der Waals surface area (Å²) in [6.45, 7) is 2.91. The van der Waals surface area contributed by atoms with Crippen molar-refractivity contribution in [1.29, 1.82) is 0 Å². The summed E-state index contributed by atoms with van der Waals surface area (Å²) < 4.78 is 5.43. The average molecular weight is 334 g/mol. The maximum absolute atomic E-state index is 5.96. The SMILES string of the molecule is Nc1ccccc1/C=N/c1nc(N2CCOCC2)c2ncccc2n1. The summed E-state index contributed by atoms with van der Waals surface area (Å²) in [7, 11) is 0. The zero-order chi connectivity index (χ0) is 17.1. The third-order valence-corrected chi connectivity index (χ3v) is 4.05. The molecule has 1 aromatic carbocycles. The minimum atomic E-state index is 0.394. The molecule has 7 heteroatoms. The Balaban J connectivity index is 1.75. The lowest BCUT2D eigenvalue weighted by atomic mass is 10.2. The number of aliphatic imine (C=N–C) groups is 1. The van der Waals surface area contributed by atoms with E-state index < -0.39 is 0 Å². The van der Waals surface area contributed by atoms with Crippen LogP contribution in [-0.4, -0.2) is 47.5 Å². The molecule has 0 atom stereocenters. The Morgan fingerprint density at radius 3 is 2.76 bits per heavy atom. The molecule has 3 aromatic rings. The van der Waals surface area contributed by atoms with Crippen LogP contribution in [0.2, 0.25) is 0 Å². The highest BCUT2D eigenvalue weighted by atomic mass is 16.5. The van der Waals surface area contributed by atoms with Crippen molar-refractivity contribution in [3.63, 3.8) is 0 Å². The number of benzene rings is 1. The molecule has 1 saturated heterocycles. The first-order valence-electron chi connectivity index (χ1n) is 8.15. The zero-order valence-electron chi connectivity index (χ0n) is 13.7. The van der Waals surface area contributed by atoms with Gasteiger partial charge in [0, 0.05) is 36.8 Å². The van der Waals surface area contributed by atoms with Crippen LogP contribution in [0.4, 0.5) is 17.5 Å². The van der Waals surface area contributed by atoms with Gasteiger partial charge >= 0.3 is 0 Å². The number of ether oxygens (including phenoxy) is 1. The van der Waals surface area contributed by atoms with Gasteiger partial charge in [0.25, 0.3) is 5.95 Å². The first kappa shape index (κ1) is 15.5. The minimum absolute atomic E-state index is 0.394. The minimum Gasteiger partial charge on any atom is -0.398 e. The Morgan fingerprint density at radius 1 is 1.08 bits per heavy atom. The molecule has 0 saturated carbocycles. The highest BCUT2D eigenvalue weighted by Crippen LogP contribution is 2.25. The molecule has 4 rings (SSSR count). The lowest BCUT2D eigenvalue weighted by Crippen LogP contribution is -2.37. The smallest absolute Gasteiger partial charge is 0.252 e. The first-order valence-corrected chi connectivity index (χ1v) is 8.15. The lowest BCUT2D eigenvalue weighted by molar-refractivity contribution is 0.122. The third-order valence-electron chi connectivity index (χ3n) is 4.05. The van der Waals surface area contributed by atoms with Gasteiger partial charge in [-0.25, -0.2) is 9.98 Å². The largest absolute Gasteiger partial charge is 0.398 e. The number of nitrogens with zero attached hydrogens (tertiary/aromatic N) is 5. The summed E-state index contributed by atoms with van der Waals surface area (Å²) in [4.78, 5) is 20.2. The van der Waals surface area contributed by atoms with E-state index >= 15 is 0 Å². The van der Waals surface area contributed by atoms with Gasteiger partial charge in [0.2, 0.25) is 0 Å². The number of nitrogen functional groups attached to an aromatic ring is 1. The van der Waals surface area contributed by atoms with Crippen LogP contribution in [0.15, 0.2) is 47.6 Å². The van der Waals surface area contributed by atoms with E-state index in [9.17, 15) is 0 Å². The van der Waals surface area contributed by atoms with Crippen LogP contribution in [0.5, 0.6) is 0 Å². The molecule has 25 heavy (non-hydrogen) atoms. The highest BCUT2D eigenvalue weighted by molar-refractivity contribution is 5.89. The van der Waals surface area contributed by atoms with Gasteiger partial charge in [0.1, 0.15) is 5.52 Å². The number of nitrogens with two attached hydrogens (primary N) is 1. The van der Waals surface area contributed by atoms with Gasteiger partial charge < -0.3 is 15.4 Å². The second kappa shape index (κ2) is 6.82. The molecule has 1 aliphatic heterocycles. The van der Waals surface area contributed by atoms with Gasteiger partial charge in [0.05, 0.1) is 18.7 Å². The monoisotopic (exact) mass is 334 g/mol. The summed E-state index contributed by atoms with van der Waals surface area (Å²) in [6.07, 6.45) is 3.44. The highest BCUT2D eigenvalue weighted by Gasteiger charge is 2.17. The maximum Gasteiger partial charge on any atom is 0.252 e. The Morgan fingerprint density at radius 2 is 1.92 bits per heavy atom. The van der Waals surface area contributed by atoms with Crippen LogP contribution in [0, 0.1) is 0 Å². The topological polar surface area (TPSA) is 89.5 Å². The van der Waals surface area contributed by atoms with E-state index in [1.54, 1.807) is 12.4 Å². The molecular weight excluding hydrogens is 316 g/mol. The standard InChI is InChI=1S/C18H18N6O/c19-14-5-2-1-4-13(14)12-21-18-22-15-6-3-7-20-16(15)17(23-18)24-8-10-25-11-9-24/h1-7,12H,8-11,19H2/b21-12+. The normalized spacial score (nSPS) is 15.1. The Hall–Kier alpha value is -3.06. The number of pyridine rings is 1. The molecular formula is C18H18N6O. The van der Waals surface area contributed by atoms with Crippen molar-refractivity contribution >= 4 is 34.7 Å². The van der Waals surface area contributed by atoms with Gasteiger partial charge in [-0.3, -0.25) is 4.98 Å². The average Bonchev–Trinajstić information content (AvgIpc) is 2.67. The van der Waals surface area contributed by atoms with E-state index in [-0.39, 0.29) is 0 Å². The van der Waals surface area contributed by atoms with Crippen LogP contribution in [-0.2, 0) is 4.74 Å². The molecule has 0 unspecified atom stereocenters. The van der Waals surface area contributed by atoms with Crippen molar-refractivity contribution in [1.82, 2.24) is 15.0 Å². The molecule has 1 aliphatic rings. The number of hydrogen-bond donors (Lipinski definition) is 1. The Labute approximate surface area is 145 Å². The van der Waals surface area contributed by atoms with Crippen LogP contribution in [0.25, 0.3) is 11.0 Å². The van der Waals surface area contributed by atoms with Gasteiger partial charge in [-0.15, -0.1) is 0 Å². The summed E-state index contributed by atoms with van der Waals surface area (Å²) in [5.41, 5.74) is 9.02. The third kappa shape index (κ3) is 3.27. The molecule has 3 heterocycles. The van der Waals surface area contributed by atoms with E-state index in [1.807, 2.05) is 36.4 Å². The molecule has 0 spiro atoms. The fraction of sp³-hybridized carbons (Fsp3) is 0.222. The molecule has 0 amide bonds. The van der Waals surface area contributed by atoms with Crippen molar-refractivity contribution < 1.29 is 4.74 Å². The van der Waals surface area contributed by atoms with E-state index in [0.717, 1.165) is 35.5 Å². The van der Waals surface area contributed by atoms with Crippen molar-refractivity contribution in [2.75, 3.05) is 36.9 Å². The fourth-order valence-corrected chi connectivity index (χ4v) is 2.75. The van der Waals surface area contributed by atoms with E-state index in [0.29, 0.717) is 24.8 Å². The zero-order valence-corrected chi connectivity index (χ0v) is 13.7. The van der Waals surface area contributed by atoms with E-state index in [4.69, 9.17) is 10.5 Å². The molecule has 1 fully saturated rings. The maximum atomic E-state index is 5.96.